The van der Waals surface area contributed by atoms with Gasteiger partial charge in [0.15, 0.2) is 0 Å². The van der Waals surface area contributed by atoms with Gasteiger partial charge in [0.2, 0.25) is 5.91 Å². The fourth-order valence-electron chi connectivity index (χ4n) is 2.29. The number of carbonyl (C=O) groups excluding carboxylic acids is 1. The zero-order valence-corrected chi connectivity index (χ0v) is 13.1. The molecule has 116 valence electrons. The molecule has 1 heterocycles. The van der Waals surface area contributed by atoms with Crippen molar-refractivity contribution in [1.82, 2.24) is 13.9 Å². The Balaban J connectivity index is 1.88. The fraction of sp³-hybridized carbons (Fsp3) is 0.500. The zero-order chi connectivity index (χ0) is 15.5. The molecule has 0 aromatic heterocycles. The van der Waals surface area contributed by atoms with E-state index in [1.807, 2.05) is 30.3 Å². The summed E-state index contributed by atoms with van der Waals surface area (Å²) < 4.78 is 27.2. The Kier molecular flexibility index (Phi) is 4.97. The summed E-state index contributed by atoms with van der Waals surface area (Å²) in [6.07, 6.45) is 1.00. The van der Waals surface area contributed by atoms with Gasteiger partial charge in [0, 0.05) is 39.6 Å². The molecule has 0 aliphatic carbocycles. The van der Waals surface area contributed by atoms with Crippen LogP contribution in [0.5, 0.6) is 0 Å². The molecule has 1 amide bonds. The van der Waals surface area contributed by atoms with E-state index in [1.165, 1.54) is 19.7 Å². The van der Waals surface area contributed by atoms with Crippen molar-refractivity contribution in [3.8, 4) is 0 Å². The Bertz CT molecular complexity index is 587. The average molecular weight is 311 g/mol. The maximum Gasteiger partial charge on any atom is 0.279 e. The molecule has 0 bridgehead atoms. The van der Waals surface area contributed by atoms with Gasteiger partial charge in [0.1, 0.15) is 0 Å². The molecule has 1 aromatic rings. The molecule has 1 fully saturated rings. The van der Waals surface area contributed by atoms with Gasteiger partial charge in [-0.05, 0) is 12.0 Å². The molecule has 7 heteroatoms. The topological polar surface area (TPSA) is 69.7 Å². The van der Waals surface area contributed by atoms with E-state index in [9.17, 15) is 13.2 Å². The summed E-state index contributed by atoms with van der Waals surface area (Å²) in [5, 5.41) is 0. The van der Waals surface area contributed by atoms with E-state index >= 15 is 0 Å². The van der Waals surface area contributed by atoms with Crippen LogP contribution in [0.2, 0.25) is 0 Å². The van der Waals surface area contributed by atoms with Gasteiger partial charge in [-0.1, -0.05) is 30.3 Å². The standard InChI is InChI=1S/C14H21N3O3S/c1-16(2)21(19,20)15-13-10-14(18)17(11-13)9-8-12-6-4-3-5-7-12/h3-7,13,15H,8-11H2,1-2H3. The first-order valence-electron chi connectivity index (χ1n) is 6.90. The number of benzene rings is 1. The van der Waals surface area contributed by atoms with Gasteiger partial charge >= 0.3 is 0 Å². The van der Waals surface area contributed by atoms with Crippen molar-refractivity contribution in [2.45, 2.75) is 18.9 Å². The minimum absolute atomic E-state index is 0.00242. The van der Waals surface area contributed by atoms with E-state index in [0.29, 0.717) is 13.1 Å². The van der Waals surface area contributed by atoms with E-state index in [4.69, 9.17) is 0 Å². The summed E-state index contributed by atoms with van der Waals surface area (Å²) in [6.45, 7) is 1.04. The number of hydrogen-bond acceptors (Lipinski definition) is 3. The molecule has 1 N–H and O–H groups in total. The van der Waals surface area contributed by atoms with Crippen LogP contribution in [-0.4, -0.2) is 56.8 Å². The fourth-order valence-corrected chi connectivity index (χ4v) is 3.08. The van der Waals surface area contributed by atoms with Gasteiger partial charge in [-0.2, -0.15) is 17.4 Å². The zero-order valence-electron chi connectivity index (χ0n) is 12.3. The summed E-state index contributed by atoms with van der Waals surface area (Å²) in [7, 11) is -0.562. The maximum atomic E-state index is 11.9. The highest BCUT2D eigenvalue weighted by molar-refractivity contribution is 7.87. The lowest BCUT2D eigenvalue weighted by molar-refractivity contribution is -0.127. The molecular weight excluding hydrogens is 290 g/mol. The molecule has 0 radical (unpaired) electrons. The summed E-state index contributed by atoms with van der Waals surface area (Å²) >= 11 is 0. The first-order valence-corrected chi connectivity index (χ1v) is 8.34. The van der Waals surface area contributed by atoms with Crippen LogP contribution in [0.3, 0.4) is 0 Å². The van der Waals surface area contributed by atoms with Crippen molar-refractivity contribution in [1.29, 1.82) is 0 Å². The van der Waals surface area contributed by atoms with Crippen molar-refractivity contribution < 1.29 is 13.2 Å². The number of carbonyl (C=O) groups is 1. The molecule has 2 rings (SSSR count). The molecule has 1 atom stereocenters. The SMILES string of the molecule is CN(C)S(=O)(=O)NC1CC(=O)N(CCc2ccccc2)C1. The summed E-state index contributed by atoms with van der Waals surface area (Å²) in [5.41, 5.74) is 1.17. The smallest absolute Gasteiger partial charge is 0.279 e. The van der Waals surface area contributed by atoms with E-state index in [-0.39, 0.29) is 18.4 Å². The number of amides is 1. The monoisotopic (exact) mass is 311 g/mol. The Labute approximate surface area is 125 Å². The van der Waals surface area contributed by atoms with Crippen LogP contribution >= 0.6 is 0 Å². The third-order valence-corrected chi connectivity index (χ3v) is 5.12. The molecule has 1 aromatic carbocycles. The second kappa shape index (κ2) is 6.55. The molecule has 1 aliphatic rings. The molecule has 0 saturated carbocycles. The van der Waals surface area contributed by atoms with E-state index in [0.717, 1.165) is 10.7 Å². The highest BCUT2D eigenvalue weighted by atomic mass is 32.2. The van der Waals surface area contributed by atoms with Gasteiger partial charge in [0.25, 0.3) is 10.2 Å². The summed E-state index contributed by atoms with van der Waals surface area (Å²) in [6, 6.07) is 9.58. The summed E-state index contributed by atoms with van der Waals surface area (Å²) in [5.74, 6) is -0.00242. The number of rotatable bonds is 6. The van der Waals surface area contributed by atoms with Crippen molar-refractivity contribution in [2.24, 2.45) is 0 Å². The van der Waals surface area contributed by atoms with Crippen molar-refractivity contribution in [3.63, 3.8) is 0 Å². The number of hydrogen-bond donors (Lipinski definition) is 1. The quantitative estimate of drug-likeness (QED) is 0.817. The lowest BCUT2D eigenvalue weighted by Crippen LogP contribution is -2.43. The van der Waals surface area contributed by atoms with E-state index in [1.54, 1.807) is 4.90 Å². The normalized spacial score (nSPS) is 19.5. The molecule has 1 unspecified atom stereocenters. The Morgan fingerprint density at radius 1 is 1.29 bits per heavy atom. The van der Waals surface area contributed by atoms with E-state index in [2.05, 4.69) is 4.72 Å². The molecule has 1 saturated heterocycles. The molecule has 0 spiro atoms. The number of likely N-dealkylation sites (tertiary alicyclic amines) is 1. The predicted octanol–water partition coefficient (Wildman–Crippen LogP) is 0.226. The lowest BCUT2D eigenvalue weighted by Gasteiger charge is -2.18. The largest absolute Gasteiger partial charge is 0.341 e. The first-order chi connectivity index (χ1) is 9.88. The second-order valence-electron chi connectivity index (χ2n) is 5.38. The Morgan fingerprint density at radius 3 is 2.57 bits per heavy atom. The molecule has 21 heavy (non-hydrogen) atoms. The molecule has 6 nitrogen and oxygen atoms in total. The van der Waals surface area contributed by atoms with Crippen LogP contribution in [0, 0.1) is 0 Å². The number of nitrogens with zero attached hydrogens (tertiary/aromatic N) is 2. The third kappa shape index (κ3) is 4.26. The van der Waals surface area contributed by atoms with Crippen LogP contribution in [0.25, 0.3) is 0 Å². The van der Waals surface area contributed by atoms with E-state index < -0.39 is 10.2 Å². The van der Waals surface area contributed by atoms with Crippen molar-refractivity contribution in [3.05, 3.63) is 35.9 Å². The van der Waals surface area contributed by atoms with Crippen LogP contribution in [0.1, 0.15) is 12.0 Å². The minimum Gasteiger partial charge on any atom is -0.341 e. The minimum atomic E-state index is -3.49. The van der Waals surface area contributed by atoms with Crippen molar-refractivity contribution >= 4 is 16.1 Å². The van der Waals surface area contributed by atoms with Gasteiger partial charge < -0.3 is 4.90 Å². The van der Waals surface area contributed by atoms with Gasteiger partial charge in [-0.25, -0.2) is 0 Å². The average Bonchev–Trinajstić information content (AvgIpc) is 2.76. The van der Waals surface area contributed by atoms with Crippen LogP contribution in [0.15, 0.2) is 30.3 Å². The van der Waals surface area contributed by atoms with Crippen LogP contribution < -0.4 is 4.72 Å². The Hall–Kier alpha value is -1.44. The van der Waals surface area contributed by atoms with Crippen LogP contribution in [0.4, 0.5) is 0 Å². The number of nitrogens with one attached hydrogen (secondary N) is 1. The van der Waals surface area contributed by atoms with Gasteiger partial charge in [-0.3, -0.25) is 4.79 Å². The molecular formula is C14H21N3O3S. The molecule has 1 aliphatic heterocycles. The second-order valence-corrected chi connectivity index (χ2v) is 7.30. The predicted molar refractivity (Wildman–Crippen MR) is 80.9 cm³/mol. The third-order valence-electron chi connectivity index (χ3n) is 3.52. The van der Waals surface area contributed by atoms with Gasteiger partial charge in [0.05, 0.1) is 0 Å². The van der Waals surface area contributed by atoms with Crippen LogP contribution in [-0.2, 0) is 21.4 Å². The highest BCUT2D eigenvalue weighted by Crippen LogP contribution is 2.13. The summed E-state index contributed by atoms with van der Waals surface area (Å²) in [4.78, 5) is 13.7. The highest BCUT2D eigenvalue weighted by Gasteiger charge is 2.32. The maximum absolute atomic E-state index is 11.9. The first kappa shape index (κ1) is 15.9. The van der Waals surface area contributed by atoms with Gasteiger partial charge in [-0.15, -0.1) is 0 Å². The lowest BCUT2D eigenvalue weighted by atomic mass is 10.1. The van der Waals surface area contributed by atoms with Crippen molar-refractivity contribution in [2.75, 3.05) is 27.2 Å². The Morgan fingerprint density at radius 2 is 1.95 bits per heavy atom.